The van der Waals surface area contributed by atoms with Gasteiger partial charge >= 0.3 is 0 Å². The summed E-state index contributed by atoms with van der Waals surface area (Å²) in [4.78, 5) is 40.6. The normalized spacial score (nSPS) is 14.1. The zero-order valence-electron chi connectivity index (χ0n) is 8.88. The Morgan fingerprint density at radius 2 is 1.71 bits per heavy atom. The molecule has 0 aromatic heterocycles. The van der Waals surface area contributed by atoms with E-state index < -0.39 is 23.6 Å². The molecule has 1 heterocycles. The van der Waals surface area contributed by atoms with Crippen LogP contribution in [0.3, 0.4) is 0 Å². The summed E-state index contributed by atoms with van der Waals surface area (Å²) in [6.07, 6.45) is 0.197. The smallest absolute Gasteiger partial charge is 0.253 e. The van der Waals surface area contributed by atoms with Crippen LogP contribution in [0, 0.1) is 0 Å². The van der Waals surface area contributed by atoms with Crippen LogP contribution in [0.25, 0.3) is 0 Å². The highest BCUT2D eigenvalue weighted by Gasteiger charge is 2.26. The van der Waals surface area contributed by atoms with Crippen molar-refractivity contribution in [1.82, 2.24) is 10.5 Å². The maximum absolute atomic E-state index is 10.2. The number of nitrogens with two attached hydrogens (primary N) is 1. The molecule has 0 radical (unpaired) electrons. The number of primary amides is 1. The third-order valence-electron chi connectivity index (χ3n) is 1.75. The van der Waals surface area contributed by atoms with E-state index in [9.17, 15) is 19.2 Å². The number of nitrogens with zero attached hydrogens (tertiary/aromatic N) is 1. The molecule has 0 atom stereocenters. The van der Waals surface area contributed by atoms with Crippen molar-refractivity contribution in [2.45, 2.75) is 25.7 Å². The van der Waals surface area contributed by atoms with Crippen LogP contribution in [0.15, 0.2) is 0 Å². The molecule has 1 aliphatic heterocycles. The van der Waals surface area contributed by atoms with E-state index in [-0.39, 0.29) is 30.7 Å². The highest BCUT2D eigenvalue weighted by Crippen LogP contribution is 2.06. The Morgan fingerprint density at radius 3 is 1.94 bits per heavy atom. The van der Waals surface area contributed by atoms with E-state index in [1.807, 2.05) is 0 Å². The quantitative estimate of drug-likeness (QED) is 0.264. The molecule has 1 rings (SSSR count). The minimum atomic E-state index is -0.603. The van der Waals surface area contributed by atoms with Gasteiger partial charge in [0.05, 0.1) is 0 Å². The predicted octanol–water partition coefficient (Wildman–Crippen LogP) is -1.72. The molecule has 1 fully saturated rings. The van der Waals surface area contributed by atoms with Crippen molar-refractivity contribution in [2.24, 2.45) is 5.73 Å². The SMILES string of the molecule is NC(=O)CCC(=O)NO.O=C1CCC(=O)N1O. The minimum absolute atomic E-state index is 0.0353. The lowest BCUT2D eigenvalue weighted by atomic mass is 10.3. The molecule has 1 aliphatic rings. The number of carbonyl (C=O) groups is 4. The first-order valence-electron chi connectivity index (χ1n) is 4.64. The van der Waals surface area contributed by atoms with Gasteiger partial charge in [0.2, 0.25) is 11.8 Å². The van der Waals surface area contributed by atoms with Crippen molar-refractivity contribution in [3.05, 3.63) is 0 Å². The predicted molar refractivity (Wildman–Crippen MR) is 51.2 cm³/mol. The van der Waals surface area contributed by atoms with Crippen molar-refractivity contribution >= 4 is 23.6 Å². The van der Waals surface area contributed by atoms with Crippen LogP contribution < -0.4 is 11.2 Å². The maximum atomic E-state index is 10.2. The second-order valence-corrected chi connectivity index (χ2v) is 3.10. The largest absolute Gasteiger partial charge is 0.370 e. The summed E-state index contributed by atoms with van der Waals surface area (Å²) in [5.74, 6) is -2.17. The molecule has 0 bridgehead atoms. The van der Waals surface area contributed by atoms with Gasteiger partial charge in [0, 0.05) is 25.7 Å². The molecule has 17 heavy (non-hydrogen) atoms. The van der Waals surface area contributed by atoms with Crippen LogP contribution >= 0.6 is 0 Å². The molecule has 1 saturated heterocycles. The summed E-state index contributed by atoms with van der Waals surface area (Å²) >= 11 is 0. The second-order valence-electron chi connectivity index (χ2n) is 3.10. The van der Waals surface area contributed by atoms with Gasteiger partial charge in [0.25, 0.3) is 11.8 Å². The van der Waals surface area contributed by atoms with Gasteiger partial charge in [-0.25, -0.2) is 5.48 Å². The zero-order valence-corrected chi connectivity index (χ0v) is 8.88. The molecule has 9 heteroatoms. The van der Waals surface area contributed by atoms with Crippen LogP contribution in [-0.2, 0) is 19.2 Å². The molecule has 0 aromatic carbocycles. The van der Waals surface area contributed by atoms with Crippen molar-refractivity contribution in [2.75, 3.05) is 0 Å². The molecular formula is C8H13N3O6. The Balaban J connectivity index is 0.000000302. The molecule has 5 N–H and O–H groups in total. The van der Waals surface area contributed by atoms with Crippen molar-refractivity contribution < 1.29 is 29.6 Å². The van der Waals surface area contributed by atoms with Gasteiger partial charge in [0.15, 0.2) is 0 Å². The van der Waals surface area contributed by atoms with Gasteiger partial charge in [-0.15, -0.1) is 0 Å². The molecular weight excluding hydrogens is 234 g/mol. The van der Waals surface area contributed by atoms with Crippen molar-refractivity contribution in [3.8, 4) is 0 Å². The number of hydrogen-bond donors (Lipinski definition) is 4. The van der Waals surface area contributed by atoms with Gasteiger partial charge in [-0.3, -0.25) is 29.6 Å². The van der Waals surface area contributed by atoms with Crippen LogP contribution in [-0.4, -0.2) is 39.1 Å². The Kier molecular flexibility index (Phi) is 6.44. The summed E-state index contributed by atoms with van der Waals surface area (Å²) in [5.41, 5.74) is 6.07. The summed E-state index contributed by atoms with van der Waals surface area (Å²) in [7, 11) is 0. The molecule has 0 aliphatic carbocycles. The highest BCUT2D eigenvalue weighted by atomic mass is 16.5. The van der Waals surface area contributed by atoms with Crippen LogP contribution in [0.5, 0.6) is 0 Å². The van der Waals surface area contributed by atoms with Gasteiger partial charge in [-0.1, -0.05) is 0 Å². The standard InChI is InChI=1S/C4H8N2O3.C4H5NO3/c5-3(7)1-2-4(8)6-9;6-3-1-2-4(7)5(3)8/h9H,1-2H2,(H2,5,7)(H,6,8);8H,1-2H2. The third-order valence-corrected chi connectivity index (χ3v) is 1.75. The first-order valence-corrected chi connectivity index (χ1v) is 4.64. The fourth-order valence-electron chi connectivity index (χ4n) is 0.857. The van der Waals surface area contributed by atoms with Gasteiger partial charge in [-0.05, 0) is 0 Å². The Labute approximate surface area is 96.1 Å². The average molecular weight is 247 g/mol. The van der Waals surface area contributed by atoms with E-state index in [4.69, 9.17) is 16.1 Å². The topological polar surface area (TPSA) is 150 Å². The van der Waals surface area contributed by atoms with E-state index in [2.05, 4.69) is 0 Å². The fourth-order valence-corrected chi connectivity index (χ4v) is 0.857. The Bertz CT molecular complexity index is 313. The summed E-state index contributed by atoms with van der Waals surface area (Å²) < 4.78 is 0. The minimum Gasteiger partial charge on any atom is -0.370 e. The van der Waals surface area contributed by atoms with Crippen molar-refractivity contribution in [1.29, 1.82) is 0 Å². The molecule has 96 valence electrons. The van der Waals surface area contributed by atoms with E-state index in [0.717, 1.165) is 0 Å². The molecule has 0 unspecified atom stereocenters. The fraction of sp³-hybridized carbons (Fsp3) is 0.500. The van der Waals surface area contributed by atoms with Gasteiger partial charge in [0.1, 0.15) is 0 Å². The molecule has 0 aromatic rings. The van der Waals surface area contributed by atoms with Crippen LogP contribution in [0.2, 0.25) is 0 Å². The lowest BCUT2D eigenvalue weighted by Crippen LogP contribution is -2.24. The first-order chi connectivity index (χ1) is 7.88. The number of hydroxylamine groups is 3. The molecule has 0 saturated carbocycles. The average Bonchev–Trinajstić information content (AvgIpc) is 2.58. The first kappa shape index (κ1) is 15.0. The number of hydrogen-bond acceptors (Lipinski definition) is 6. The number of carbonyl (C=O) groups excluding carboxylic acids is 4. The van der Waals surface area contributed by atoms with Crippen molar-refractivity contribution in [3.63, 3.8) is 0 Å². The molecule has 0 spiro atoms. The number of nitrogens with one attached hydrogen (secondary N) is 1. The Morgan fingerprint density at radius 1 is 1.24 bits per heavy atom. The molecule has 4 amide bonds. The zero-order chi connectivity index (χ0) is 13.4. The van der Waals surface area contributed by atoms with E-state index in [0.29, 0.717) is 0 Å². The van der Waals surface area contributed by atoms with Crippen LogP contribution in [0.1, 0.15) is 25.7 Å². The summed E-state index contributed by atoms with van der Waals surface area (Å²) in [5, 5.41) is 16.5. The summed E-state index contributed by atoms with van der Waals surface area (Å²) in [6, 6.07) is 0. The third kappa shape index (κ3) is 6.22. The summed E-state index contributed by atoms with van der Waals surface area (Å²) in [6.45, 7) is 0. The number of amides is 4. The van der Waals surface area contributed by atoms with E-state index >= 15 is 0 Å². The Hall–Kier alpha value is -2.00. The highest BCUT2D eigenvalue weighted by molar-refractivity contribution is 6.00. The lowest BCUT2D eigenvalue weighted by Gasteiger charge is -1.98. The molecule has 9 nitrogen and oxygen atoms in total. The lowest BCUT2D eigenvalue weighted by molar-refractivity contribution is -0.171. The van der Waals surface area contributed by atoms with Gasteiger partial charge in [-0.2, -0.15) is 5.06 Å². The number of rotatable bonds is 3. The van der Waals surface area contributed by atoms with Crippen LogP contribution in [0.4, 0.5) is 0 Å². The van der Waals surface area contributed by atoms with E-state index in [1.54, 1.807) is 0 Å². The van der Waals surface area contributed by atoms with Gasteiger partial charge < -0.3 is 5.73 Å². The maximum Gasteiger partial charge on any atom is 0.253 e. The monoisotopic (exact) mass is 247 g/mol. The number of imide groups is 1. The second kappa shape index (κ2) is 7.30. The van der Waals surface area contributed by atoms with E-state index in [1.165, 1.54) is 5.48 Å².